The molecule has 0 saturated carbocycles. The van der Waals surface area contributed by atoms with Crippen LogP contribution in [0.2, 0.25) is 0 Å². The van der Waals surface area contributed by atoms with Crippen LogP contribution in [0.25, 0.3) is 0 Å². The molecule has 0 aromatic carbocycles. The third kappa shape index (κ3) is 3.56. The van der Waals surface area contributed by atoms with Crippen molar-refractivity contribution in [1.29, 1.82) is 0 Å². The molecule has 4 nitrogen and oxygen atoms in total. The van der Waals surface area contributed by atoms with E-state index in [0.717, 1.165) is 0 Å². The van der Waals surface area contributed by atoms with Crippen LogP contribution >= 0.6 is 8.46 Å². The van der Waals surface area contributed by atoms with Crippen molar-refractivity contribution in [2.45, 2.75) is 12.7 Å². The van der Waals surface area contributed by atoms with Gasteiger partial charge >= 0.3 is 6.03 Å². The van der Waals surface area contributed by atoms with Gasteiger partial charge in [-0.05, 0) is 6.92 Å². The van der Waals surface area contributed by atoms with Gasteiger partial charge in [-0.25, -0.2) is 4.79 Å². The Hall–Kier alpha value is -0.630. The number of nitrogens with two attached hydrogens (primary N) is 1. The molecule has 0 fully saturated rings. The summed E-state index contributed by atoms with van der Waals surface area (Å²) < 4.78 is 9.87. The molecule has 0 bridgehead atoms. The van der Waals surface area contributed by atoms with Crippen LogP contribution in [0.15, 0.2) is 0 Å². The van der Waals surface area contributed by atoms with Gasteiger partial charge in [-0.15, -0.1) is 0 Å². The molecule has 0 spiro atoms. The lowest BCUT2D eigenvalue weighted by atomic mass is 10.7. The molecular formula is C3H7N2O2P. The molecule has 0 aliphatic rings. The highest BCUT2D eigenvalue weighted by atomic mass is 31.1. The average molecular weight is 134 g/mol. The van der Waals surface area contributed by atoms with Crippen LogP contribution < -0.4 is 11.1 Å². The smallest absolute Gasteiger partial charge is 0.313 e. The molecule has 3 N–H and O–H groups in total. The van der Waals surface area contributed by atoms with Crippen LogP contribution in [0.1, 0.15) is 6.92 Å². The van der Waals surface area contributed by atoms with Gasteiger partial charge in [0, 0.05) is 0 Å². The Morgan fingerprint density at radius 1 is 1.88 bits per heavy atom. The maximum Gasteiger partial charge on any atom is 0.313 e. The van der Waals surface area contributed by atoms with Crippen molar-refractivity contribution < 1.29 is 9.36 Å². The van der Waals surface area contributed by atoms with Crippen LogP contribution in [-0.2, 0) is 4.57 Å². The fourth-order valence-corrected chi connectivity index (χ4v) is 0.412. The van der Waals surface area contributed by atoms with E-state index in [1.165, 1.54) is 0 Å². The monoisotopic (exact) mass is 134 g/mol. The van der Waals surface area contributed by atoms with Gasteiger partial charge in [0.15, 0.2) is 8.46 Å². The van der Waals surface area contributed by atoms with Gasteiger partial charge in [0.2, 0.25) is 0 Å². The number of amides is 2. The van der Waals surface area contributed by atoms with Gasteiger partial charge in [-0.1, -0.05) is 0 Å². The SMILES string of the molecule is CC(NC(N)=O)P=O. The predicted octanol–water partition coefficient (Wildman–Crippen LogP) is 0.292. The summed E-state index contributed by atoms with van der Waals surface area (Å²) in [5, 5.41) is 2.21. The maximum absolute atomic E-state index is 9.94. The lowest BCUT2D eigenvalue weighted by molar-refractivity contribution is 0.248. The minimum atomic E-state index is -0.652. The van der Waals surface area contributed by atoms with Gasteiger partial charge in [0.1, 0.15) is 5.78 Å². The van der Waals surface area contributed by atoms with Gasteiger partial charge < -0.3 is 11.1 Å². The van der Waals surface area contributed by atoms with E-state index in [1.54, 1.807) is 6.92 Å². The number of carbonyl (C=O) groups is 1. The van der Waals surface area contributed by atoms with Crippen LogP contribution in [-0.4, -0.2) is 11.8 Å². The van der Waals surface area contributed by atoms with E-state index in [0.29, 0.717) is 0 Å². The molecule has 0 aliphatic heterocycles. The van der Waals surface area contributed by atoms with Crippen molar-refractivity contribution >= 4 is 14.5 Å². The number of primary amides is 1. The van der Waals surface area contributed by atoms with Crippen molar-refractivity contribution in [3.63, 3.8) is 0 Å². The number of carbonyl (C=O) groups excluding carboxylic acids is 1. The van der Waals surface area contributed by atoms with Gasteiger partial charge in [-0.3, -0.25) is 4.57 Å². The second kappa shape index (κ2) is 3.38. The van der Waals surface area contributed by atoms with E-state index in [4.69, 9.17) is 0 Å². The largest absolute Gasteiger partial charge is 0.352 e. The molecule has 8 heavy (non-hydrogen) atoms. The molecule has 0 saturated heterocycles. The number of hydrogen-bond donors (Lipinski definition) is 2. The summed E-state index contributed by atoms with van der Waals surface area (Å²) in [6.45, 7) is 1.58. The molecule has 1 atom stereocenters. The van der Waals surface area contributed by atoms with Crippen molar-refractivity contribution in [1.82, 2.24) is 5.32 Å². The number of rotatable bonds is 2. The molecule has 0 aromatic heterocycles. The second-order valence-corrected chi connectivity index (χ2v) is 2.28. The molecule has 46 valence electrons. The third-order valence-corrected chi connectivity index (χ3v) is 0.955. The van der Waals surface area contributed by atoms with E-state index >= 15 is 0 Å². The van der Waals surface area contributed by atoms with E-state index in [-0.39, 0.29) is 14.2 Å². The fourth-order valence-electron chi connectivity index (χ4n) is 0.232. The van der Waals surface area contributed by atoms with E-state index in [2.05, 4.69) is 11.1 Å². The fraction of sp³-hybridized carbons (Fsp3) is 0.667. The Bertz CT molecular complexity index is 105. The Balaban J connectivity index is 3.38. The Morgan fingerprint density at radius 3 is 2.50 bits per heavy atom. The van der Waals surface area contributed by atoms with E-state index in [1.807, 2.05) is 0 Å². The molecular weight excluding hydrogens is 127 g/mol. The van der Waals surface area contributed by atoms with Crippen molar-refractivity contribution in [3.8, 4) is 0 Å². The molecule has 1 unspecified atom stereocenters. The van der Waals surface area contributed by atoms with Crippen molar-refractivity contribution in [2.24, 2.45) is 5.73 Å². The summed E-state index contributed by atoms with van der Waals surface area (Å²) in [6, 6.07) is -0.652. The van der Waals surface area contributed by atoms with Crippen LogP contribution in [0.5, 0.6) is 0 Å². The molecule has 5 heteroatoms. The van der Waals surface area contributed by atoms with Crippen LogP contribution in [0, 0.1) is 0 Å². The van der Waals surface area contributed by atoms with Crippen LogP contribution in [0.4, 0.5) is 4.79 Å². The quantitative estimate of drug-likeness (QED) is 0.533. The highest BCUT2D eigenvalue weighted by molar-refractivity contribution is 7.24. The molecule has 0 radical (unpaired) electrons. The number of nitrogens with one attached hydrogen (secondary N) is 1. The second-order valence-electron chi connectivity index (χ2n) is 1.29. The molecule has 0 heterocycles. The van der Waals surface area contributed by atoms with Gasteiger partial charge in [0.25, 0.3) is 0 Å². The first-order valence-electron chi connectivity index (χ1n) is 2.05. The van der Waals surface area contributed by atoms with E-state index in [9.17, 15) is 9.36 Å². The molecule has 0 aliphatic carbocycles. The lowest BCUT2D eigenvalue weighted by Crippen LogP contribution is -2.33. The highest BCUT2D eigenvalue weighted by Gasteiger charge is 1.99. The standard InChI is InChI=1S/C3H7N2O2P/c1-2(8-7)5-3(4)6/h2H,1H3,(H3,4,5,6). The summed E-state index contributed by atoms with van der Waals surface area (Å²) in [7, 11) is -0.123. The van der Waals surface area contributed by atoms with Gasteiger partial charge in [0.05, 0.1) is 0 Å². The first-order valence-corrected chi connectivity index (χ1v) is 2.93. The zero-order chi connectivity index (χ0) is 6.57. The van der Waals surface area contributed by atoms with Crippen molar-refractivity contribution in [3.05, 3.63) is 0 Å². The van der Waals surface area contributed by atoms with E-state index < -0.39 is 6.03 Å². The van der Waals surface area contributed by atoms with Gasteiger partial charge in [-0.2, -0.15) is 0 Å². The third-order valence-electron chi connectivity index (χ3n) is 0.509. The Kier molecular flexibility index (Phi) is 3.12. The normalized spacial score (nSPS) is 13.1. The maximum atomic E-state index is 9.94. The lowest BCUT2D eigenvalue weighted by Gasteiger charge is -1.99. The minimum Gasteiger partial charge on any atom is -0.352 e. The first kappa shape index (κ1) is 7.37. The summed E-state index contributed by atoms with van der Waals surface area (Å²) in [5.74, 6) is -0.382. The summed E-state index contributed by atoms with van der Waals surface area (Å²) >= 11 is 0. The Morgan fingerprint density at radius 2 is 2.38 bits per heavy atom. The first-order chi connectivity index (χ1) is 3.66. The highest BCUT2D eigenvalue weighted by Crippen LogP contribution is 1.98. The molecule has 0 aromatic rings. The summed E-state index contributed by atoms with van der Waals surface area (Å²) in [5.41, 5.74) is 4.68. The zero-order valence-corrected chi connectivity index (χ0v) is 5.31. The zero-order valence-electron chi connectivity index (χ0n) is 4.42. The predicted molar refractivity (Wildman–Crippen MR) is 29.8 cm³/mol. The topological polar surface area (TPSA) is 72.2 Å². The summed E-state index contributed by atoms with van der Waals surface area (Å²) in [6.07, 6.45) is 0. The Labute approximate surface area is 48.6 Å². The van der Waals surface area contributed by atoms with Crippen molar-refractivity contribution in [2.75, 3.05) is 0 Å². The molecule has 0 rings (SSSR count). The summed E-state index contributed by atoms with van der Waals surface area (Å²) in [4.78, 5) is 9.94. The minimum absolute atomic E-state index is 0.123. The number of urea groups is 1. The number of hydrogen-bond acceptors (Lipinski definition) is 2. The molecule has 2 amide bonds. The van der Waals surface area contributed by atoms with Crippen LogP contribution in [0.3, 0.4) is 0 Å². The average Bonchev–Trinajstić information content (AvgIpc) is 1.65.